The highest BCUT2D eigenvalue weighted by molar-refractivity contribution is 6.30. The molecule has 1 heterocycles. The second-order valence-electron chi connectivity index (χ2n) is 5.81. The molecule has 0 fully saturated rings. The van der Waals surface area contributed by atoms with Crippen molar-refractivity contribution >= 4 is 17.5 Å². The number of halogens is 1. The lowest BCUT2D eigenvalue weighted by Crippen LogP contribution is -2.28. The van der Waals surface area contributed by atoms with Gasteiger partial charge in [0.15, 0.2) is 6.61 Å². The summed E-state index contributed by atoms with van der Waals surface area (Å²) < 4.78 is 10.8. The largest absolute Gasteiger partial charge is 0.483 e. The Labute approximate surface area is 156 Å². The second kappa shape index (κ2) is 8.01. The maximum atomic E-state index is 12.0. The number of hydrogen-bond acceptors (Lipinski definition) is 5. The first-order chi connectivity index (χ1) is 12.5. The lowest BCUT2D eigenvalue weighted by molar-refractivity contribution is -0.123. The minimum Gasteiger partial charge on any atom is -0.483 e. The van der Waals surface area contributed by atoms with Crippen molar-refractivity contribution in [1.82, 2.24) is 15.5 Å². The highest BCUT2D eigenvalue weighted by Gasteiger charge is 2.11. The molecule has 0 bridgehead atoms. The summed E-state index contributed by atoms with van der Waals surface area (Å²) in [7, 11) is 0. The van der Waals surface area contributed by atoms with Crippen molar-refractivity contribution in [2.75, 3.05) is 6.61 Å². The third-order valence-electron chi connectivity index (χ3n) is 3.74. The quantitative estimate of drug-likeness (QED) is 0.714. The van der Waals surface area contributed by atoms with E-state index in [2.05, 4.69) is 15.5 Å². The van der Waals surface area contributed by atoms with Crippen LogP contribution in [0.15, 0.2) is 47.0 Å². The fourth-order valence-electron chi connectivity index (χ4n) is 2.46. The number of hydrogen-bond donors (Lipinski definition) is 1. The van der Waals surface area contributed by atoms with E-state index in [4.69, 9.17) is 20.9 Å². The third kappa shape index (κ3) is 4.40. The van der Waals surface area contributed by atoms with Crippen LogP contribution in [-0.2, 0) is 11.3 Å². The molecule has 0 atom stereocenters. The first kappa shape index (κ1) is 17.9. The van der Waals surface area contributed by atoms with Gasteiger partial charge in [0.25, 0.3) is 5.91 Å². The predicted octanol–water partition coefficient (Wildman–Crippen LogP) is 3.70. The maximum Gasteiger partial charge on any atom is 0.258 e. The molecule has 7 heteroatoms. The van der Waals surface area contributed by atoms with E-state index >= 15 is 0 Å². The van der Waals surface area contributed by atoms with E-state index in [0.717, 1.165) is 22.4 Å². The maximum absolute atomic E-state index is 12.0. The lowest BCUT2D eigenvalue weighted by atomic mass is 10.1. The number of para-hydroxylation sites is 1. The fraction of sp³-hybridized carbons (Fsp3) is 0.211. The molecule has 3 aromatic rings. The SMILES string of the molecule is Cc1cccc(C)c1OCC(=O)NCc1nc(-c2cccc(Cl)c2)no1. The topological polar surface area (TPSA) is 77.2 Å². The number of carbonyl (C=O) groups is 1. The van der Waals surface area contributed by atoms with E-state index in [1.807, 2.05) is 38.1 Å². The van der Waals surface area contributed by atoms with Gasteiger partial charge in [-0.25, -0.2) is 0 Å². The Morgan fingerprint density at radius 2 is 1.92 bits per heavy atom. The van der Waals surface area contributed by atoms with E-state index in [-0.39, 0.29) is 19.1 Å². The summed E-state index contributed by atoms with van der Waals surface area (Å²) in [6.07, 6.45) is 0. The van der Waals surface area contributed by atoms with Gasteiger partial charge in [-0.2, -0.15) is 4.98 Å². The van der Waals surface area contributed by atoms with Crippen LogP contribution in [0.2, 0.25) is 5.02 Å². The molecular weight excluding hydrogens is 354 g/mol. The number of carbonyl (C=O) groups excluding carboxylic acids is 1. The van der Waals surface area contributed by atoms with Crippen molar-refractivity contribution in [3.05, 3.63) is 64.5 Å². The summed E-state index contributed by atoms with van der Waals surface area (Å²) in [5, 5.41) is 7.18. The van der Waals surface area contributed by atoms with Crippen LogP contribution in [0, 0.1) is 13.8 Å². The van der Waals surface area contributed by atoms with Gasteiger partial charge in [0.05, 0.1) is 6.54 Å². The van der Waals surface area contributed by atoms with Crippen LogP contribution in [0.4, 0.5) is 0 Å². The minimum absolute atomic E-state index is 0.0824. The number of aryl methyl sites for hydroxylation is 2. The molecule has 0 saturated carbocycles. The molecule has 3 rings (SSSR count). The Hall–Kier alpha value is -2.86. The van der Waals surface area contributed by atoms with Gasteiger partial charge in [0, 0.05) is 10.6 Å². The van der Waals surface area contributed by atoms with Crippen molar-refractivity contribution in [1.29, 1.82) is 0 Å². The summed E-state index contributed by atoms with van der Waals surface area (Å²) >= 11 is 5.95. The van der Waals surface area contributed by atoms with Crippen molar-refractivity contribution in [2.45, 2.75) is 20.4 Å². The number of aromatic nitrogens is 2. The predicted molar refractivity (Wildman–Crippen MR) is 98.0 cm³/mol. The van der Waals surface area contributed by atoms with Crippen LogP contribution >= 0.6 is 11.6 Å². The van der Waals surface area contributed by atoms with Crippen molar-refractivity contribution in [3.63, 3.8) is 0 Å². The number of benzene rings is 2. The molecule has 0 aliphatic carbocycles. The zero-order chi connectivity index (χ0) is 18.5. The van der Waals surface area contributed by atoms with Gasteiger partial charge < -0.3 is 14.6 Å². The summed E-state index contributed by atoms with van der Waals surface area (Å²) in [4.78, 5) is 16.2. The summed E-state index contributed by atoms with van der Waals surface area (Å²) in [5.41, 5.74) is 2.72. The molecule has 134 valence electrons. The second-order valence-corrected chi connectivity index (χ2v) is 6.24. The Balaban J connectivity index is 1.54. The van der Waals surface area contributed by atoms with Gasteiger partial charge in [-0.05, 0) is 37.1 Å². The smallest absolute Gasteiger partial charge is 0.258 e. The number of ether oxygens (including phenoxy) is 1. The van der Waals surface area contributed by atoms with Crippen molar-refractivity contribution < 1.29 is 14.1 Å². The number of nitrogens with one attached hydrogen (secondary N) is 1. The molecular formula is C19H18ClN3O3. The Morgan fingerprint density at radius 3 is 2.65 bits per heavy atom. The summed E-state index contributed by atoms with van der Waals surface area (Å²) in [6, 6.07) is 13.0. The first-order valence-electron chi connectivity index (χ1n) is 8.07. The molecule has 26 heavy (non-hydrogen) atoms. The average molecular weight is 372 g/mol. The molecule has 0 aliphatic heterocycles. The van der Waals surface area contributed by atoms with E-state index in [1.54, 1.807) is 18.2 Å². The zero-order valence-electron chi connectivity index (χ0n) is 14.5. The van der Waals surface area contributed by atoms with Crippen LogP contribution in [0.25, 0.3) is 11.4 Å². The Kier molecular flexibility index (Phi) is 5.53. The molecule has 0 saturated heterocycles. The van der Waals surface area contributed by atoms with Gasteiger partial charge in [0.2, 0.25) is 11.7 Å². The normalized spacial score (nSPS) is 10.6. The number of nitrogens with zero attached hydrogens (tertiary/aromatic N) is 2. The fourth-order valence-corrected chi connectivity index (χ4v) is 2.65. The van der Waals surface area contributed by atoms with Crippen LogP contribution in [-0.4, -0.2) is 22.7 Å². The first-order valence-corrected chi connectivity index (χ1v) is 8.45. The highest BCUT2D eigenvalue weighted by atomic mass is 35.5. The summed E-state index contributed by atoms with van der Waals surface area (Å²) in [5.74, 6) is 1.18. The van der Waals surface area contributed by atoms with E-state index < -0.39 is 0 Å². The molecule has 1 aromatic heterocycles. The van der Waals surface area contributed by atoms with Crippen molar-refractivity contribution in [3.8, 4) is 17.1 Å². The molecule has 0 aliphatic rings. The molecule has 1 N–H and O–H groups in total. The highest BCUT2D eigenvalue weighted by Crippen LogP contribution is 2.22. The molecule has 0 spiro atoms. The number of amides is 1. The number of rotatable bonds is 6. The third-order valence-corrected chi connectivity index (χ3v) is 3.98. The lowest BCUT2D eigenvalue weighted by Gasteiger charge is -2.11. The monoisotopic (exact) mass is 371 g/mol. The minimum atomic E-state index is -0.268. The molecule has 0 unspecified atom stereocenters. The van der Waals surface area contributed by atoms with Gasteiger partial charge in [-0.15, -0.1) is 0 Å². The molecule has 6 nitrogen and oxygen atoms in total. The van der Waals surface area contributed by atoms with Gasteiger partial charge in [0.1, 0.15) is 5.75 Å². The standard InChI is InChI=1S/C19H18ClN3O3/c1-12-5-3-6-13(2)18(12)25-11-16(24)21-10-17-22-19(23-26-17)14-7-4-8-15(20)9-14/h3-9H,10-11H2,1-2H3,(H,21,24). The zero-order valence-corrected chi connectivity index (χ0v) is 15.2. The van der Waals surface area contributed by atoms with E-state index in [1.165, 1.54) is 0 Å². The Morgan fingerprint density at radius 1 is 1.19 bits per heavy atom. The molecule has 1 amide bonds. The Bertz CT molecular complexity index is 904. The van der Waals surface area contributed by atoms with Crippen molar-refractivity contribution in [2.24, 2.45) is 0 Å². The van der Waals surface area contributed by atoms with Gasteiger partial charge >= 0.3 is 0 Å². The van der Waals surface area contributed by atoms with Crippen LogP contribution in [0.1, 0.15) is 17.0 Å². The van der Waals surface area contributed by atoms with Crippen LogP contribution < -0.4 is 10.1 Å². The van der Waals surface area contributed by atoms with E-state index in [0.29, 0.717) is 16.7 Å². The van der Waals surface area contributed by atoms with Crippen LogP contribution in [0.5, 0.6) is 5.75 Å². The summed E-state index contributed by atoms with van der Waals surface area (Å²) in [6.45, 7) is 3.93. The van der Waals surface area contributed by atoms with Crippen LogP contribution in [0.3, 0.4) is 0 Å². The van der Waals surface area contributed by atoms with E-state index in [9.17, 15) is 4.79 Å². The molecule has 0 radical (unpaired) electrons. The molecule has 2 aromatic carbocycles. The van der Waals surface area contributed by atoms with Gasteiger partial charge in [-0.3, -0.25) is 4.79 Å². The van der Waals surface area contributed by atoms with Gasteiger partial charge in [-0.1, -0.05) is 47.1 Å². The average Bonchev–Trinajstić information content (AvgIpc) is 3.09.